The van der Waals surface area contributed by atoms with Gasteiger partial charge in [-0.1, -0.05) is 0 Å². The molecule has 0 unspecified atom stereocenters. The van der Waals surface area contributed by atoms with Crippen LogP contribution >= 0.6 is 0 Å². The normalized spacial score (nSPS) is 16.3. The molecule has 0 aliphatic heterocycles. The Bertz CT molecular complexity index is 478. The maximum absolute atomic E-state index is 12.0. The molecular formula is C15H22N2O3. The fourth-order valence-electron chi connectivity index (χ4n) is 2.51. The lowest BCUT2D eigenvalue weighted by molar-refractivity contribution is -0.134. The van der Waals surface area contributed by atoms with Crippen molar-refractivity contribution >= 4 is 11.6 Å². The molecular weight excluding hydrogens is 256 g/mol. The van der Waals surface area contributed by atoms with E-state index in [1.165, 1.54) is 0 Å². The van der Waals surface area contributed by atoms with Crippen molar-refractivity contribution in [2.24, 2.45) is 0 Å². The molecule has 0 aromatic heterocycles. The van der Waals surface area contributed by atoms with Crippen molar-refractivity contribution in [1.82, 2.24) is 5.32 Å². The first kappa shape index (κ1) is 14.7. The van der Waals surface area contributed by atoms with Crippen molar-refractivity contribution in [3.63, 3.8) is 0 Å². The highest BCUT2D eigenvalue weighted by Gasteiger charge is 2.38. The van der Waals surface area contributed by atoms with Crippen molar-refractivity contribution in [3.8, 4) is 5.75 Å². The van der Waals surface area contributed by atoms with E-state index in [1.807, 2.05) is 6.07 Å². The molecule has 0 heterocycles. The highest BCUT2D eigenvalue weighted by molar-refractivity contribution is 5.77. The van der Waals surface area contributed by atoms with Gasteiger partial charge in [-0.2, -0.15) is 0 Å². The van der Waals surface area contributed by atoms with E-state index in [1.54, 1.807) is 26.4 Å². The summed E-state index contributed by atoms with van der Waals surface area (Å²) in [4.78, 5) is 12.0. The number of ether oxygens (including phenoxy) is 2. The number of rotatable bonds is 6. The summed E-state index contributed by atoms with van der Waals surface area (Å²) in [7, 11) is 3.28. The standard InChI is InChI=1S/C15H22N2O3/c1-19-13-5-4-12(16)8-11(13)10-17-14(18)9-15(20-2)6-3-7-15/h4-5,8H,3,6-7,9-10,16H2,1-2H3,(H,17,18). The highest BCUT2D eigenvalue weighted by Crippen LogP contribution is 2.37. The number of carbonyl (C=O) groups is 1. The predicted octanol–water partition coefficient (Wildman–Crippen LogP) is 1.85. The Morgan fingerprint density at radius 2 is 2.15 bits per heavy atom. The van der Waals surface area contributed by atoms with E-state index in [0.29, 0.717) is 18.7 Å². The topological polar surface area (TPSA) is 73.6 Å². The molecule has 2 rings (SSSR count). The van der Waals surface area contributed by atoms with E-state index >= 15 is 0 Å². The minimum atomic E-state index is -0.246. The molecule has 0 atom stereocenters. The maximum Gasteiger partial charge on any atom is 0.223 e. The monoisotopic (exact) mass is 278 g/mol. The third kappa shape index (κ3) is 3.22. The molecule has 1 fully saturated rings. The molecule has 3 N–H and O–H groups in total. The quantitative estimate of drug-likeness (QED) is 0.779. The van der Waals surface area contributed by atoms with E-state index in [-0.39, 0.29) is 11.5 Å². The summed E-state index contributed by atoms with van der Waals surface area (Å²) in [5.74, 6) is 0.723. The van der Waals surface area contributed by atoms with Gasteiger partial charge in [0.1, 0.15) is 5.75 Å². The Labute approximate surface area is 119 Å². The summed E-state index contributed by atoms with van der Waals surface area (Å²) < 4.78 is 10.7. The van der Waals surface area contributed by atoms with E-state index in [9.17, 15) is 4.79 Å². The predicted molar refractivity (Wildman–Crippen MR) is 77.5 cm³/mol. The van der Waals surface area contributed by atoms with Gasteiger partial charge in [0.05, 0.1) is 19.1 Å². The smallest absolute Gasteiger partial charge is 0.223 e. The summed E-state index contributed by atoms with van der Waals surface area (Å²) in [6.07, 6.45) is 3.45. The van der Waals surface area contributed by atoms with Crippen LogP contribution in [0.4, 0.5) is 5.69 Å². The molecule has 20 heavy (non-hydrogen) atoms. The number of methoxy groups -OCH3 is 2. The van der Waals surface area contributed by atoms with Gasteiger partial charge < -0.3 is 20.5 Å². The molecule has 1 aromatic rings. The number of benzene rings is 1. The molecule has 1 aromatic carbocycles. The number of anilines is 1. The summed E-state index contributed by atoms with van der Waals surface area (Å²) in [6.45, 7) is 0.410. The first-order chi connectivity index (χ1) is 9.58. The molecule has 0 spiro atoms. The van der Waals surface area contributed by atoms with Crippen molar-refractivity contribution in [2.75, 3.05) is 20.0 Å². The second kappa shape index (κ2) is 6.13. The first-order valence-corrected chi connectivity index (χ1v) is 6.83. The third-order valence-corrected chi connectivity index (χ3v) is 3.96. The first-order valence-electron chi connectivity index (χ1n) is 6.83. The number of amides is 1. The van der Waals surface area contributed by atoms with Crippen LogP contribution in [0, 0.1) is 0 Å². The second-order valence-electron chi connectivity index (χ2n) is 5.27. The SMILES string of the molecule is COc1ccc(N)cc1CNC(=O)CC1(OC)CCC1. The number of nitrogen functional groups attached to an aromatic ring is 1. The van der Waals surface area contributed by atoms with Crippen LogP contribution in [-0.4, -0.2) is 25.7 Å². The Hall–Kier alpha value is -1.75. The molecule has 1 amide bonds. The van der Waals surface area contributed by atoms with E-state index in [2.05, 4.69) is 5.32 Å². The van der Waals surface area contributed by atoms with Gasteiger partial charge in [-0.3, -0.25) is 4.79 Å². The lowest BCUT2D eigenvalue weighted by atomic mass is 9.77. The fourth-order valence-corrected chi connectivity index (χ4v) is 2.51. The van der Waals surface area contributed by atoms with Crippen molar-refractivity contribution in [1.29, 1.82) is 0 Å². The van der Waals surface area contributed by atoms with Crippen molar-refractivity contribution in [2.45, 2.75) is 37.8 Å². The maximum atomic E-state index is 12.0. The van der Waals surface area contributed by atoms with Gasteiger partial charge in [0.25, 0.3) is 0 Å². The van der Waals surface area contributed by atoms with E-state index < -0.39 is 0 Å². The van der Waals surface area contributed by atoms with Crippen LogP contribution in [0.1, 0.15) is 31.2 Å². The zero-order chi connectivity index (χ0) is 14.6. The zero-order valence-electron chi connectivity index (χ0n) is 12.1. The minimum Gasteiger partial charge on any atom is -0.496 e. The lowest BCUT2D eigenvalue weighted by Gasteiger charge is -2.39. The van der Waals surface area contributed by atoms with Crippen LogP contribution in [0.15, 0.2) is 18.2 Å². The van der Waals surface area contributed by atoms with E-state index in [0.717, 1.165) is 30.6 Å². The van der Waals surface area contributed by atoms with Gasteiger partial charge in [0.15, 0.2) is 0 Å². The summed E-state index contributed by atoms with van der Waals surface area (Å²) in [6, 6.07) is 5.40. The molecule has 0 radical (unpaired) electrons. The number of nitrogens with two attached hydrogens (primary N) is 1. The number of carbonyl (C=O) groups excluding carboxylic acids is 1. The molecule has 5 nitrogen and oxygen atoms in total. The molecule has 1 aliphatic rings. The zero-order valence-corrected chi connectivity index (χ0v) is 12.1. The van der Waals surface area contributed by atoms with Crippen LogP contribution in [0.3, 0.4) is 0 Å². The molecule has 0 bridgehead atoms. The Balaban J connectivity index is 1.91. The largest absolute Gasteiger partial charge is 0.496 e. The molecule has 5 heteroatoms. The Morgan fingerprint density at radius 3 is 2.70 bits per heavy atom. The van der Waals surface area contributed by atoms with Crippen LogP contribution in [0.2, 0.25) is 0 Å². The number of nitrogens with one attached hydrogen (secondary N) is 1. The van der Waals surface area contributed by atoms with E-state index in [4.69, 9.17) is 15.2 Å². The number of hydrogen-bond acceptors (Lipinski definition) is 4. The van der Waals surface area contributed by atoms with Crippen LogP contribution < -0.4 is 15.8 Å². The molecule has 1 aliphatic carbocycles. The van der Waals surface area contributed by atoms with Gasteiger partial charge in [-0.05, 0) is 37.5 Å². The van der Waals surface area contributed by atoms with Gasteiger partial charge >= 0.3 is 0 Å². The number of hydrogen-bond donors (Lipinski definition) is 2. The average Bonchev–Trinajstić information content (AvgIpc) is 2.41. The van der Waals surface area contributed by atoms with Gasteiger partial charge in [0.2, 0.25) is 5.91 Å². The second-order valence-corrected chi connectivity index (χ2v) is 5.27. The summed E-state index contributed by atoms with van der Waals surface area (Å²) >= 11 is 0. The minimum absolute atomic E-state index is 0.00368. The Kier molecular flexibility index (Phi) is 4.49. The molecule has 1 saturated carbocycles. The highest BCUT2D eigenvalue weighted by atomic mass is 16.5. The summed E-state index contributed by atoms with van der Waals surface area (Å²) in [5, 5.41) is 2.90. The van der Waals surface area contributed by atoms with Gasteiger partial charge in [-0.25, -0.2) is 0 Å². The fraction of sp³-hybridized carbons (Fsp3) is 0.533. The molecule has 0 saturated heterocycles. The van der Waals surface area contributed by atoms with Crippen molar-refractivity contribution < 1.29 is 14.3 Å². The molecule has 110 valence electrons. The van der Waals surface area contributed by atoms with Crippen LogP contribution in [-0.2, 0) is 16.1 Å². The van der Waals surface area contributed by atoms with Crippen LogP contribution in [0.5, 0.6) is 5.75 Å². The average molecular weight is 278 g/mol. The van der Waals surface area contributed by atoms with Gasteiger partial charge in [0, 0.05) is 24.9 Å². The Morgan fingerprint density at radius 1 is 1.40 bits per heavy atom. The summed E-state index contributed by atoms with van der Waals surface area (Å²) in [5.41, 5.74) is 7.04. The third-order valence-electron chi connectivity index (χ3n) is 3.96. The van der Waals surface area contributed by atoms with Crippen LogP contribution in [0.25, 0.3) is 0 Å². The lowest BCUT2D eigenvalue weighted by Crippen LogP contribution is -2.43. The van der Waals surface area contributed by atoms with Gasteiger partial charge in [-0.15, -0.1) is 0 Å². The van der Waals surface area contributed by atoms with Crippen molar-refractivity contribution in [3.05, 3.63) is 23.8 Å².